The number of halogens is 2. The number of pyridine rings is 2. The maximum absolute atomic E-state index is 4.81. The molecule has 0 amide bonds. The number of para-hydroxylation sites is 2. The maximum Gasteiger partial charge on any atom is 0.0705 e. The van der Waals surface area contributed by atoms with E-state index in [1.807, 2.05) is 0 Å². The molecule has 33 heavy (non-hydrogen) atoms. The standard InChI is InChI=1S/C26H28N4.2ClH.Fe/c1-3-9-23-19(7-1)13-15-21(29-23)17-27-25-11-5-6-12-26(25)28-18-22-16-14-20-8-2-4-10-24(20)30-22;;;/h1-4,7-10,13-16,25-28H,5-6,11-12,17-18H2;2*1H;/q;;;+2/p-2/t25-,26-;;;/m0.../s1. The van der Waals surface area contributed by atoms with Crippen LogP contribution >= 0.6 is 20.2 Å². The summed E-state index contributed by atoms with van der Waals surface area (Å²) in [4.78, 5) is 9.63. The smallest absolute Gasteiger partial charge is 0.0705 e. The number of nitrogens with zero attached hydrogens (tertiary/aromatic N) is 2. The zero-order chi connectivity index (χ0) is 22.9. The Hall–Kier alpha value is -1.72. The molecule has 174 valence electrons. The molecule has 0 unspecified atom stereocenters. The maximum atomic E-state index is 4.81. The van der Waals surface area contributed by atoms with Gasteiger partial charge < -0.3 is 10.6 Å². The first-order valence-corrected chi connectivity index (χ1v) is 14.3. The van der Waals surface area contributed by atoms with Gasteiger partial charge in [0.05, 0.1) is 22.4 Å². The summed E-state index contributed by atoms with van der Waals surface area (Å²) in [6.45, 7) is 1.61. The van der Waals surface area contributed by atoms with Gasteiger partial charge in [0.25, 0.3) is 0 Å². The molecule has 7 heteroatoms. The van der Waals surface area contributed by atoms with Gasteiger partial charge in [-0.15, -0.1) is 0 Å². The summed E-state index contributed by atoms with van der Waals surface area (Å²) in [5, 5.41) is 9.94. The fourth-order valence-electron chi connectivity index (χ4n) is 4.50. The Kier molecular flexibility index (Phi) is 9.36. The van der Waals surface area contributed by atoms with Gasteiger partial charge in [0, 0.05) is 35.9 Å². The summed E-state index contributed by atoms with van der Waals surface area (Å²) in [5.74, 6) is 0. The van der Waals surface area contributed by atoms with E-state index in [9.17, 15) is 0 Å². The van der Waals surface area contributed by atoms with E-state index in [1.54, 1.807) is 0 Å². The SMILES string of the molecule is [Cl][Fe][Cl].c1ccc2nc(CN[C@H]3CCCC[C@@H]3NCc3ccc4ccccc4n3)ccc2c1. The summed E-state index contributed by atoms with van der Waals surface area (Å²) < 4.78 is 0. The Balaban J connectivity index is 0.000000821. The first-order chi connectivity index (χ1) is 16.3. The molecular weight excluding hydrogens is 495 g/mol. The van der Waals surface area contributed by atoms with Crippen LogP contribution in [-0.4, -0.2) is 22.1 Å². The molecule has 2 atom stereocenters. The van der Waals surface area contributed by atoms with Crippen molar-refractivity contribution < 1.29 is 13.1 Å². The van der Waals surface area contributed by atoms with Crippen LogP contribution in [0.1, 0.15) is 37.1 Å². The zero-order valence-corrected chi connectivity index (χ0v) is 20.9. The molecule has 0 spiro atoms. The minimum absolute atomic E-state index is 0.194. The van der Waals surface area contributed by atoms with Crippen LogP contribution in [0.25, 0.3) is 21.8 Å². The van der Waals surface area contributed by atoms with Crippen LogP contribution < -0.4 is 10.6 Å². The minimum atomic E-state index is 0.194. The van der Waals surface area contributed by atoms with Gasteiger partial charge in [0.15, 0.2) is 0 Å². The van der Waals surface area contributed by atoms with Gasteiger partial charge in [-0.3, -0.25) is 9.97 Å². The molecule has 2 heterocycles. The van der Waals surface area contributed by atoms with Crippen molar-refractivity contribution >= 4 is 42.0 Å². The molecule has 2 aromatic heterocycles. The third-order valence-corrected chi connectivity index (χ3v) is 6.17. The summed E-state index contributed by atoms with van der Waals surface area (Å²) in [7, 11) is 9.53. The quantitative estimate of drug-likeness (QED) is 0.290. The van der Waals surface area contributed by atoms with Gasteiger partial charge >= 0.3 is 33.3 Å². The van der Waals surface area contributed by atoms with Crippen molar-refractivity contribution in [2.75, 3.05) is 0 Å². The molecule has 4 aromatic rings. The van der Waals surface area contributed by atoms with E-state index in [0.29, 0.717) is 12.1 Å². The Labute approximate surface area is 210 Å². The second-order valence-corrected chi connectivity index (χ2v) is 10.1. The second kappa shape index (κ2) is 12.7. The molecule has 5 rings (SSSR count). The minimum Gasteiger partial charge on any atom is -0.307 e. The molecule has 2 aromatic carbocycles. The number of rotatable bonds is 6. The van der Waals surface area contributed by atoms with E-state index >= 15 is 0 Å². The Morgan fingerprint density at radius 1 is 0.667 bits per heavy atom. The summed E-state index contributed by atoms with van der Waals surface area (Å²) in [5.41, 5.74) is 4.35. The third kappa shape index (κ3) is 6.89. The van der Waals surface area contributed by atoms with Gasteiger partial charge in [0.1, 0.15) is 0 Å². The van der Waals surface area contributed by atoms with E-state index in [2.05, 4.69) is 83.4 Å². The van der Waals surface area contributed by atoms with Crippen LogP contribution in [0.2, 0.25) is 0 Å². The van der Waals surface area contributed by atoms with E-state index < -0.39 is 0 Å². The summed E-state index contributed by atoms with van der Waals surface area (Å²) >= 11 is 0.194. The fourth-order valence-corrected chi connectivity index (χ4v) is 4.50. The van der Waals surface area contributed by atoms with Gasteiger partial charge in [-0.25, -0.2) is 0 Å². The molecule has 1 saturated carbocycles. The number of benzene rings is 2. The van der Waals surface area contributed by atoms with Crippen LogP contribution in [0, 0.1) is 0 Å². The zero-order valence-electron chi connectivity index (χ0n) is 18.3. The molecule has 1 aliphatic carbocycles. The second-order valence-electron chi connectivity index (χ2n) is 8.30. The van der Waals surface area contributed by atoms with Crippen LogP contribution in [0.4, 0.5) is 0 Å². The van der Waals surface area contributed by atoms with Crippen molar-refractivity contribution in [2.45, 2.75) is 50.9 Å². The number of hydrogen-bond donors (Lipinski definition) is 2. The summed E-state index contributed by atoms with van der Waals surface area (Å²) in [6.07, 6.45) is 4.98. The van der Waals surface area contributed by atoms with Gasteiger partial charge in [-0.1, -0.05) is 61.4 Å². The Morgan fingerprint density at radius 3 is 1.55 bits per heavy atom. The van der Waals surface area contributed by atoms with Crippen LogP contribution in [0.15, 0.2) is 72.8 Å². The third-order valence-electron chi connectivity index (χ3n) is 6.17. The van der Waals surface area contributed by atoms with Crippen molar-refractivity contribution in [3.05, 3.63) is 84.2 Å². The summed E-state index contributed by atoms with van der Waals surface area (Å²) in [6, 6.07) is 26.2. The van der Waals surface area contributed by atoms with Crippen molar-refractivity contribution in [3.8, 4) is 0 Å². The first-order valence-electron chi connectivity index (χ1n) is 11.3. The largest absolute Gasteiger partial charge is 0.307 e. The normalized spacial score (nSPS) is 18.2. The predicted octanol–water partition coefficient (Wildman–Crippen LogP) is 6.35. The number of nitrogens with one attached hydrogen (secondary N) is 2. The van der Waals surface area contributed by atoms with E-state index in [4.69, 9.17) is 30.2 Å². The molecule has 0 bridgehead atoms. The van der Waals surface area contributed by atoms with E-state index in [-0.39, 0.29) is 13.1 Å². The van der Waals surface area contributed by atoms with Crippen LogP contribution in [0.5, 0.6) is 0 Å². The average molecular weight is 523 g/mol. The molecule has 1 fully saturated rings. The van der Waals surface area contributed by atoms with Crippen LogP contribution in [-0.2, 0) is 26.2 Å². The average Bonchev–Trinajstić information content (AvgIpc) is 2.87. The van der Waals surface area contributed by atoms with Gasteiger partial charge in [-0.2, -0.15) is 0 Å². The molecular formula is C26H28Cl2FeN4. The van der Waals surface area contributed by atoms with E-state index in [1.165, 1.54) is 36.5 Å². The van der Waals surface area contributed by atoms with Gasteiger partial charge in [-0.05, 0) is 37.1 Å². The van der Waals surface area contributed by atoms with Crippen molar-refractivity contribution in [1.29, 1.82) is 0 Å². The van der Waals surface area contributed by atoms with Crippen LogP contribution in [0.3, 0.4) is 0 Å². The molecule has 0 saturated heterocycles. The van der Waals surface area contributed by atoms with Crippen molar-refractivity contribution in [2.24, 2.45) is 0 Å². The number of fused-ring (bicyclic) bond motifs is 2. The molecule has 2 N–H and O–H groups in total. The molecule has 4 nitrogen and oxygen atoms in total. The molecule has 0 radical (unpaired) electrons. The van der Waals surface area contributed by atoms with Crippen molar-refractivity contribution in [3.63, 3.8) is 0 Å². The number of aromatic nitrogens is 2. The van der Waals surface area contributed by atoms with Gasteiger partial charge in [0.2, 0.25) is 0 Å². The Morgan fingerprint density at radius 2 is 1.09 bits per heavy atom. The Bertz CT molecular complexity index is 1080. The fraction of sp³-hybridized carbons (Fsp3) is 0.308. The predicted molar refractivity (Wildman–Crippen MR) is 135 cm³/mol. The molecule has 0 aliphatic heterocycles. The monoisotopic (exact) mass is 522 g/mol. The molecule has 1 aliphatic rings. The first kappa shape index (κ1) is 24.4. The topological polar surface area (TPSA) is 49.8 Å². The van der Waals surface area contributed by atoms with E-state index in [0.717, 1.165) is 35.5 Å². The van der Waals surface area contributed by atoms with Crippen molar-refractivity contribution in [1.82, 2.24) is 20.6 Å². The number of hydrogen-bond acceptors (Lipinski definition) is 4.